The molecule has 2 N–H and O–H groups in total. The van der Waals surface area contributed by atoms with E-state index in [0.717, 1.165) is 18.5 Å². The number of nitrogens with zero attached hydrogens (tertiary/aromatic N) is 5. The Hall–Kier alpha value is -2.78. The van der Waals surface area contributed by atoms with Crippen LogP contribution in [0.15, 0.2) is 30.9 Å². The largest absolute Gasteiger partial charge is 0.382 e. The van der Waals surface area contributed by atoms with Crippen LogP contribution in [-0.2, 0) is 19.7 Å². The van der Waals surface area contributed by atoms with Gasteiger partial charge in [-0.2, -0.15) is 5.10 Å². The second-order valence-electron chi connectivity index (χ2n) is 9.01. The van der Waals surface area contributed by atoms with Crippen LogP contribution in [0.1, 0.15) is 53.6 Å². The number of halogens is 2. The van der Waals surface area contributed by atoms with Crippen molar-refractivity contribution in [3.63, 3.8) is 0 Å². The van der Waals surface area contributed by atoms with Crippen LogP contribution in [0.2, 0.25) is 5.02 Å². The summed E-state index contributed by atoms with van der Waals surface area (Å²) in [4.78, 5) is 21.9. The predicted molar refractivity (Wildman–Crippen MR) is 116 cm³/mol. The molecule has 2 saturated carbocycles. The number of hydrogen-bond donors (Lipinski definition) is 2. The maximum atomic E-state index is 13.4. The minimum Gasteiger partial charge on any atom is -0.382 e. The minimum atomic E-state index is -0.961. The summed E-state index contributed by atoms with van der Waals surface area (Å²) in [5.41, 5.74) is 0.705. The Morgan fingerprint density at radius 3 is 2.59 bits per heavy atom. The highest BCUT2D eigenvalue weighted by molar-refractivity contribution is 6.31. The van der Waals surface area contributed by atoms with Crippen LogP contribution in [0.3, 0.4) is 0 Å². The Labute approximate surface area is 189 Å². The Bertz CT molecular complexity index is 1180. The molecule has 0 aliphatic heterocycles. The van der Waals surface area contributed by atoms with Gasteiger partial charge in [-0.1, -0.05) is 11.6 Å². The third-order valence-corrected chi connectivity index (χ3v) is 7.20. The van der Waals surface area contributed by atoms with E-state index in [2.05, 4.69) is 20.4 Å². The number of imidazole rings is 1. The van der Waals surface area contributed by atoms with Gasteiger partial charge in [0, 0.05) is 25.7 Å². The zero-order valence-electron chi connectivity index (χ0n) is 17.8. The molecule has 0 spiro atoms. The molecule has 0 radical (unpaired) electrons. The van der Waals surface area contributed by atoms with Crippen LogP contribution >= 0.6 is 11.6 Å². The quantitative estimate of drug-likeness (QED) is 0.624. The topological polar surface area (TPSA) is 97.9 Å². The van der Waals surface area contributed by atoms with Crippen molar-refractivity contribution in [2.45, 2.75) is 37.2 Å². The molecule has 5 rings (SSSR count). The monoisotopic (exact) mass is 458 g/mol. The zero-order chi connectivity index (χ0) is 22.6. The van der Waals surface area contributed by atoms with Crippen molar-refractivity contribution in [2.24, 2.45) is 25.9 Å². The first-order valence-electron chi connectivity index (χ1n) is 10.6. The zero-order valence-corrected chi connectivity index (χ0v) is 18.6. The summed E-state index contributed by atoms with van der Waals surface area (Å²) in [6, 6.07) is 4.08. The highest BCUT2D eigenvalue weighted by atomic mass is 35.5. The van der Waals surface area contributed by atoms with E-state index < -0.39 is 11.4 Å². The molecule has 2 fully saturated rings. The maximum Gasteiger partial charge on any atom is 0.274 e. The van der Waals surface area contributed by atoms with Gasteiger partial charge in [-0.15, -0.1) is 0 Å². The molecule has 2 unspecified atom stereocenters. The number of carbonyl (C=O) groups excluding carboxylic acids is 1. The summed E-state index contributed by atoms with van der Waals surface area (Å²) < 4.78 is 16.8. The van der Waals surface area contributed by atoms with Crippen molar-refractivity contribution in [1.29, 1.82) is 0 Å². The molecular weight excluding hydrogens is 435 g/mol. The van der Waals surface area contributed by atoms with Gasteiger partial charge in [-0.05, 0) is 55.7 Å². The van der Waals surface area contributed by atoms with Gasteiger partial charge in [0.2, 0.25) is 0 Å². The van der Waals surface area contributed by atoms with Crippen molar-refractivity contribution < 1.29 is 14.3 Å². The van der Waals surface area contributed by atoms with Crippen LogP contribution in [0.25, 0.3) is 0 Å². The second-order valence-corrected chi connectivity index (χ2v) is 9.42. The molecule has 1 aromatic carbocycles. The molecule has 1 amide bonds. The lowest BCUT2D eigenvalue weighted by atomic mass is 9.91. The summed E-state index contributed by atoms with van der Waals surface area (Å²) in [6.45, 7) is 0. The van der Waals surface area contributed by atoms with Gasteiger partial charge in [-0.3, -0.25) is 9.48 Å². The summed E-state index contributed by atoms with van der Waals surface area (Å²) >= 11 is 5.84. The normalized spacial score (nSPS) is 27.0. The van der Waals surface area contributed by atoms with Crippen molar-refractivity contribution >= 4 is 23.2 Å². The molecular formula is C22H24ClFN6O2. The standard InChI is InChI=1S/C22H24ClFN6O2/c1-29-11-26-18(19(29)20(31)28-15-3-4-17(24)16(23)7-15)12-5-13-8-22(32,9-14(13)6-12)21-25-10-27-30(21)2/h3-4,7,10-14,32H,5-6,8-9H2,1-2H3,(H,28,31). The smallest absolute Gasteiger partial charge is 0.274 e. The predicted octanol–water partition coefficient (Wildman–Crippen LogP) is 3.38. The number of benzene rings is 1. The highest BCUT2D eigenvalue weighted by Gasteiger charge is 2.52. The molecule has 0 bridgehead atoms. The lowest BCUT2D eigenvalue weighted by Crippen LogP contribution is -2.27. The number of fused-ring (bicyclic) bond motifs is 1. The van der Waals surface area contributed by atoms with E-state index in [9.17, 15) is 14.3 Å². The number of anilines is 1. The minimum absolute atomic E-state index is 0.0490. The number of amides is 1. The molecule has 10 heteroatoms. The van der Waals surface area contributed by atoms with E-state index in [-0.39, 0.29) is 16.8 Å². The number of aliphatic hydroxyl groups is 1. The lowest BCUT2D eigenvalue weighted by Gasteiger charge is -2.23. The first-order chi connectivity index (χ1) is 15.2. The van der Waals surface area contributed by atoms with Crippen molar-refractivity contribution in [3.8, 4) is 0 Å². The van der Waals surface area contributed by atoms with E-state index in [1.807, 2.05) is 0 Å². The third-order valence-electron chi connectivity index (χ3n) is 6.91. The number of carbonyl (C=O) groups is 1. The van der Waals surface area contributed by atoms with Crippen LogP contribution < -0.4 is 5.32 Å². The van der Waals surface area contributed by atoms with Crippen LogP contribution in [0.4, 0.5) is 10.1 Å². The van der Waals surface area contributed by atoms with Gasteiger partial charge in [0.05, 0.1) is 17.0 Å². The molecule has 32 heavy (non-hydrogen) atoms. The number of nitrogens with one attached hydrogen (secondary N) is 1. The van der Waals surface area contributed by atoms with E-state index >= 15 is 0 Å². The van der Waals surface area contributed by atoms with Crippen LogP contribution in [0.5, 0.6) is 0 Å². The fourth-order valence-corrected chi connectivity index (χ4v) is 5.75. The van der Waals surface area contributed by atoms with Gasteiger partial charge in [0.1, 0.15) is 23.4 Å². The third kappa shape index (κ3) is 3.49. The fraction of sp³-hybridized carbons (Fsp3) is 0.455. The fourth-order valence-electron chi connectivity index (χ4n) is 5.57. The van der Waals surface area contributed by atoms with Gasteiger partial charge in [0.15, 0.2) is 5.82 Å². The van der Waals surface area contributed by atoms with E-state index in [0.29, 0.717) is 41.9 Å². The van der Waals surface area contributed by atoms with E-state index in [1.54, 1.807) is 29.7 Å². The van der Waals surface area contributed by atoms with Crippen molar-refractivity contribution in [3.05, 3.63) is 58.9 Å². The van der Waals surface area contributed by atoms with Gasteiger partial charge < -0.3 is 15.0 Å². The number of aryl methyl sites for hydroxylation is 2. The number of aromatic nitrogens is 5. The summed E-state index contributed by atoms with van der Waals surface area (Å²) in [5.74, 6) is 0.554. The average molecular weight is 459 g/mol. The van der Waals surface area contributed by atoms with Crippen molar-refractivity contribution in [2.75, 3.05) is 5.32 Å². The first-order valence-corrected chi connectivity index (χ1v) is 11.0. The average Bonchev–Trinajstić information content (AvgIpc) is 3.47. The summed E-state index contributed by atoms with van der Waals surface area (Å²) in [5, 5.41) is 18.1. The van der Waals surface area contributed by atoms with E-state index in [4.69, 9.17) is 11.6 Å². The summed E-state index contributed by atoms with van der Waals surface area (Å²) in [7, 11) is 3.58. The Balaban J connectivity index is 1.33. The van der Waals surface area contributed by atoms with E-state index in [1.165, 1.54) is 24.5 Å². The molecule has 3 aromatic rings. The SMILES string of the molecule is Cn1cnc(C2CC3CC(O)(c4ncnn4C)CC3C2)c1C(=O)Nc1ccc(F)c(Cl)c1. The van der Waals surface area contributed by atoms with Crippen LogP contribution in [0, 0.1) is 17.7 Å². The molecule has 2 aliphatic carbocycles. The molecule has 168 valence electrons. The molecule has 2 heterocycles. The molecule has 2 aliphatic rings. The summed E-state index contributed by atoms with van der Waals surface area (Å²) in [6.07, 6.45) is 6.07. The number of rotatable bonds is 4. The van der Waals surface area contributed by atoms with Gasteiger partial charge in [-0.25, -0.2) is 14.4 Å². The molecule has 2 aromatic heterocycles. The molecule has 0 saturated heterocycles. The first kappa shape index (κ1) is 21.1. The maximum absolute atomic E-state index is 13.4. The Morgan fingerprint density at radius 1 is 1.25 bits per heavy atom. The second kappa shape index (κ2) is 7.67. The van der Waals surface area contributed by atoms with Gasteiger partial charge >= 0.3 is 0 Å². The Morgan fingerprint density at radius 2 is 1.97 bits per heavy atom. The highest BCUT2D eigenvalue weighted by Crippen LogP contribution is 2.56. The van der Waals surface area contributed by atoms with Gasteiger partial charge in [0.25, 0.3) is 5.91 Å². The number of hydrogen-bond acceptors (Lipinski definition) is 5. The lowest BCUT2D eigenvalue weighted by molar-refractivity contribution is 0.0219. The van der Waals surface area contributed by atoms with Crippen molar-refractivity contribution in [1.82, 2.24) is 24.3 Å². The van der Waals surface area contributed by atoms with Crippen LogP contribution in [-0.4, -0.2) is 35.3 Å². The Kier molecular flexibility index (Phi) is 5.05. The molecule has 2 atom stereocenters. The molecule has 8 nitrogen and oxygen atoms in total.